The van der Waals surface area contributed by atoms with E-state index in [2.05, 4.69) is 20.9 Å². The molecular formula is C11H14N4O2. The second kappa shape index (κ2) is 4.95. The maximum Gasteiger partial charge on any atom is 0.377 e. The monoisotopic (exact) mass is 234 g/mol. The van der Waals surface area contributed by atoms with Crippen molar-refractivity contribution in [3.05, 3.63) is 12.2 Å². The fraction of sp³-hybridized carbons (Fsp3) is 0.636. The zero-order valence-corrected chi connectivity index (χ0v) is 9.67. The Morgan fingerprint density at radius 1 is 1.59 bits per heavy atom. The molecule has 1 heterocycles. The molecule has 0 amide bonds. The van der Waals surface area contributed by atoms with Gasteiger partial charge in [-0.05, 0) is 12.8 Å². The van der Waals surface area contributed by atoms with E-state index >= 15 is 0 Å². The molecule has 2 atom stereocenters. The molecule has 1 aromatic heterocycles. The number of hydrogen-bond acceptors (Lipinski definition) is 5. The van der Waals surface area contributed by atoms with Crippen LogP contribution >= 0.6 is 0 Å². The Balaban J connectivity index is 2.18. The van der Waals surface area contributed by atoms with Crippen molar-refractivity contribution in [2.24, 2.45) is 5.92 Å². The fourth-order valence-electron chi connectivity index (χ4n) is 2.20. The van der Waals surface area contributed by atoms with Gasteiger partial charge < -0.3 is 4.74 Å². The summed E-state index contributed by atoms with van der Waals surface area (Å²) in [7, 11) is 1.29. The van der Waals surface area contributed by atoms with Crippen molar-refractivity contribution in [3.63, 3.8) is 0 Å². The molecule has 0 radical (unpaired) electrons. The average molecular weight is 234 g/mol. The topological polar surface area (TPSA) is 80.8 Å². The molecule has 0 N–H and O–H groups in total. The molecule has 0 spiro atoms. The Morgan fingerprint density at radius 3 is 3.06 bits per heavy atom. The van der Waals surface area contributed by atoms with Crippen LogP contribution in [0.3, 0.4) is 0 Å². The molecule has 1 aliphatic rings. The van der Waals surface area contributed by atoms with E-state index in [9.17, 15) is 4.79 Å². The van der Waals surface area contributed by atoms with Crippen molar-refractivity contribution in [2.45, 2.75) is 31.7 Å². The molecular weight excluding hydrogens is 220 g/mol. The summed E-state index contributed by atoms with van der Waals surface area (Å²) in [5.41, 5.74) is 0. The lowest BCUT2D eigenvalue weighted by molar-refractivity contribution is 0.0585. The van der Waals surface area contributed by atoms with Crippen molar-refractivity contribution >= 4 is 5.97 Å². The summed E-state index contributed by atoms with van der Waals surface area (Å²) in [5.74, 6) is -0.543. The highest BCUT2D eigenvalue weighted by atomic mass is 16.5. The van der Waals surface area contributed by atoms with Crippen LogP contribution in [0.1, 0.15) is 42.3 Å². The first-order chi connectivity index (χ1) is 8.26. The van der Waals surface area contributed by atoms with Gasteiger partial charge in [-0.2, -0.15) is 5.26 Å². The third kappa shape index (κ3) is 2.28. The normalized spacial score (nSPS) is 24.0. The maximum atomic E-state index is 11.2. The summed E-state index contributed by atoms with van der Waals surface area (Å²) in [5, 5.41) is 13.2. The molecule has 0 saturated heterocycles. The van der Waals surface area contributed by atoms with Crippen LogP contribution in [-0.4, -0.2) is 27.8 Å². The fourth-order valence-corrected chi connectivity index (χ4v) is 2.20. The van der Waals surface area contributed by atoms with Gasteiger partial charge >= 0.3 is 5.97 Å². The van der Waals surface area contributed by atoms with Gasteiger partial charge in [-0.15, -0.1) is 5.10 Å². The van der Waals surface area contributed by atoms with Gasteiger partial charge in [0.2, 0.25) is 0 Å². The Morgan fingerprint density at radius 2 is 2.35 bits per heavy atom. The molecule has 2 rings (SSSR count). The highest BCUT2D eigenvalue weighted by Gasteiger charge is 2.28. The average Bonchev–Trinajstić information content (AvgIpc) is 2.87. The summed E-state index contributed by atoms with van der Waals surface area (Å²) in [6.45, 7) is 0. The van der Waals surface area contributed by atoms with Crippen molar-refractivity contribution in [1.29, 1.82) is 5.26 Å². The minimum absolute atomic E-state index is 0.0275. The molecule has 1 aromatic rings. The Kier molecular flexibility index (Phi) is 3.38. The third-order valence-corrected chi connectivity index (χ3v) is 3.11. The van der Waals surface area contributed by atoms with Crippen molar-refractivity contribution in [1.82, 2.24) is 14.8 Å². The Bertz CT molecular complexity index is 449. The summed E-state index contributed by atoms with van der Waals surface area (Å²) in [6.07, 6.45) is 5.45. The smallest absolute Gasteiger partial charge is 0.377 e. The van der Waals surface area contributed by atoms with Crippen LogP contribution in [0, 0.1) is 17.2 Å². The van der Waals surface area contributed by atoms with Gasteiger partial charge in [0.15, 0.2) is 0 Å². The molecule has 0 bridgehead atoms. The Hall–Kier alpha value is -1.90. The minimum atomic E-state index is -0.548. The van der Waals surface area contributed by atoms with E-state index in [0.29, 0.717) is 0 Å². The molecule has 6 heteroatoms. The van der Waals surface area contributed by atoms with Crippen LogP contribution in [0.4, 0.5) is 0 Å². The van der Waals surface area contributed by atoms with E-state index in [1.54, 1.807) is 4.68 Å². The van der Waals surface area contributed by atoms with E-state index in [0.717, 1.165) is 25.7 Å². The van der Waals surface area contributed by atoms with E-state index in [1.165, 1.54) is 13.4 Å². The van der Waals surface area contributed by atoms with E-state index in [1.807, 2.05) is 0 Å². The van der Waals surface area contributed by atoms with Crippen LogP contribution < -0.4 is 0 Å². The van der Waals surface area contributed by atoms with Gasteiger partial charge in [-0.25, -0.2) is 14.5 Å². The van der Waals surface area contributed by atoms with Gasteiger partial charge in [0.25, 0.3) is 5.82 Å². The first-order valence-corrected chi connectivity index (χ1v) is 5.65. The number of carbonyl (C=O) groups excluding carboxylic acids is 1. The van der Waals surface area contributed by atoms with Crippen molar-refractivity contribution in [2.75, 3.05) is 7.11 Å². The van der Waals surface area contributed by atoms with E-state index in [-0.39, 0.29) is 17.8 Å². The summed E-state index contributed by atoms with van der Waals surface area (Å²) >= 11 is 0. The first kappa shape index (κ1) is 11.6. The highest BCUT2D eigenvalue weighted by Crippen LogP contribution is 2.32. The number of ether oxygens (including phenoxy) is 1. The number of hydrogen-bond donors (Lipinski definition) is 0. The number of nitrogens with zero attached hydrogens (tertiary/aromatic N) is 4. The quantitative estimate of drug-likeness (QED) is 0.721. The molecule has 17 heavy (non-hydrogen) atoms. The Labute approximate surface area is 99.2 Å². The first-order valence-electron chi connectivity index (χ1n) is 5.65. The zero-order valence-electron chi connectivity index (χ0n) is 9.67. The van der Waals surface area contributed by atoms with Crippen LogP contribution in [0.2, 0.25) is 0 Å². The largest absolute Gasteiger partial charge is 0.463 e. The molecule has 1 saturated carbocycles. The van der Waals surface area contributed by atoms with Crippen LogP contribution in [-0.2, 0) is 4.74 Å². The van der Waals surface area contributed by atoms with Crippen LogP contribution in [0.15, 0.2) is 6.33 Å². The zero-order chi connectivity index (χ0) is 12.3. The van der Waals surface area contributed by atoms with Gasteiger partial charge in [0.05, 0.1) is 25.1 Å². The molecule has 2 unspecified atom stereocenters. The van der Waals surface area contributed by atoms with E-state index < -0.39 is 5.97 Å². The maximum absolute atomic E-state index is 11.2. The molecule has 0 aromatic carbocycles. The number of aromatic nitrogens is 3. The lowest BCUT2D eigenvalue weighted by Gasteiger charge is -2.26. The molecule has 0 aliphatic heterocycles. The predicted octanol–water partition coefficient (Wildman–Crippen LogP) is 1.32. The summed E-state index contributed by atoms with van der Waals surface area (Å²) in [6, 6.07) is 2.33. The van der Waals surface area contributed by atoms with Gasteiger partial charge in [0, 0.05) is 0 Å². The van der Waals surface area contributed by atoms with Crippen molar-refractivity contribution < 1.29 is 9.53 Å². The van der Waals surface area contributed by atoms with Gasteiger partial charge in [-0.1, -0.05) is 12.8 Å². The second-order valence-corrected chi connectivity index (χ2v) is 4.13. The molecule has 1 fully saturated rings. The van der Waals surface area contributed by atoms with E-state index in [4.69, 9.17) is 5.26 Å². The lowest BCUT2D eigenvalue weighted by atomic mass is 9.86. The number of carbonyl (C=O) groups is 1. The van der Waals surface area contributed by atoms with Gasteiger partial charge in [0.1, 0.15) is 6.33 Å². The highest BCUT2D eigenvalue weighted by molar-refractivity contribution is 5.84. The number of methoxy groups -OCH3 is 1. The van der Waals surface area contributed by atoms with Crippen LogP contribution in [0.5, 0.6) is 0 Å². The number of rotatable bonds is 2. The third-order valence-electron chi connectivity index (χ3n) is 3.11. The van der Waals surface area contributed by atoms with Gasteiger partial charge in [-0.3, -0.25) is 0 Å². The standard InChI is InChI=1S/C11H14N4O2/c1-17-11(16)10-13-7-15(14-10)9-5-3-2-4-8(9)6-12/h7-9H,2-5H2,1H3. The van der Waals surface area contributed by atoms with Crippen molar-refractivity contribution in [3.8, 4) is 6.07 Å². The van der Waals surface area contributed by atoms with Crippen LogP contribution in [0.25, 0.3) is 0 Å². The molecule has 6 nitrogen and oxygen atoms in total. The number of nitriles is 1. The second-order valence-electron chi connectivity index (χ2n) is 4.13. The summed E-state index contributed by atoms with van der Waals surface area (Å²) < 4.78 is 6.17. The minimum Gasteiger partial charge on any atom is -0.463 e. The summed E-state index contributed by atoms with van der Waals surface area (Å²) in [4.78, 5) is 15.1. The SMILES string of the molecule is COC(=O)c1ncn(C2CCCCC2C#N)n1. The predicted molar refractivity (Wildman–Crippen MR) is 58.0 cm³/mol. The molecule has 1 aliphatic carbocycles. The number of esters is 1. The lowest BCUT2D eigenvalue weighted by Crippen LogP contribution is -2.23. The molecule has 90 valence electrons.